The third-order valence-electron chi connectivity index (χ3n) is 3.43. The monoisotopic (exact) mass is 452 g/mol. The first-order chi connectivity index (χ1) is 14.6. The van der Waals surface area contributed by atoms with Crippen LogP contribution in [0.5, 0.6) is 11.5 Å². The summed E-state index contributed by atoms with van der Waals surface area (Å²) < 4.78 is 20.6. The van der Waals surface area contributed by atoms with Gasteiger partial charge in [-0.25, -0.2) is 19.2 Å². The molecule has 0 radical (unpaired) electrons. The zero-order valence-electron chi connectivity index (χ0n) is 19.7. The van der Waals surface area contributed by atoms with Gasteiger partial charge in [0.1, 0.15) is 34.8 Å². The summed E-state index contributed by atoms with van der Waals surface area (Å²) in [7, 11) is 0. The van der Waals surface area contributed by atoms with Crippen molar-refractivity contribution in [3.63, 3.8) is 0 Å². The zero-order valence-corrected chi connectivity index (χ0v) is 19.7. The molecule has 2 N–H and O–H groups in total. The van der Waals surface area contributed by atoms with Crippen LogP contribution in [-0.2, 0) is 19.1 Å². The summed E-state index contributed by atoms with van der Waals surface area (Å²) in [6.07, 6.45) is -1.48. The van der Waals surface area contributed by atoms with E-state index >= 15 is 0 Å². The number of carbonyl (C=O) groups is 4. The molecule has 2 atom stereocenters. The van der Waals surface area contributed by atoms with Crippen molar-refractivity contribution in [3.05, 3.63) is 24.3 Å². The average Bonchev–Trinajstić information content (AvgIpc) is 2.59. The quantitative estimate of drug-likeness (QED) is 0.497. The van der Waals surface area contributed by atoms with Crippen molar-refractivity contribution < 1.29 is 38.1 Å². The Morgan fingerprint density at radius 3 is 1.19 bits per heavy atom. The average molecular weight is 453 g/mol. The number of hydrogen-bond acceptors (Lipinski definition) is 8. The predicted molar refractivity (Wildman–Crippen MR) is 115 cm³/mol. The van der Waals surface area contributed by atoms with Crippen molar-refractivity contribution in [2.24, 2.45) is 0 Å². The van der Waals surface area contributed by atoms with Gasteiger partial charge in [-0.2, -0.15) is 0 Å². The number of hydrogen-bond donors (Lipinski definition) is 2. The van der Waals surface area contributed by atoms with E-state index in [1.807, 2.05) is 0 Å². The van der Waals surface area contributed by atoms with Gasteiger partial charge in [0.2, 0.25) is 0 Å². The van der Waals surface area contributed by atoms with Gasteiger partial charge in [0.15, 0.2) is 0 Å². The molecule has 10 heteroatoms. The number of ether oxygens (including phenoxy) is 4. The van der Waals surface area contributed by atoms with Gasteiger partial charge >= 0.3 is 24.1 Å². The van der Waals surface area contributed by atoms with E-state index < -0.39 is 47.4 Å². The van der Waals surface area contributed by atoms with E-state index in [4.69, 9.17) is 18.9 Å². The Labute approximate surface area is 187 Å². The topological polar surface area (TPSA) is 129 Å². The van der Waals surface area contributed by atoms with Gasteiger partial charge < -0.3 is 29.6 Å². The van der Waals surface area contributed by atoms with E-state index in [1.54, 1.807) is 41.5 Å². The van der Waals surface area contributed by atoms with Crippen LogP contribution in [0, 0.1) is 0 Å². The number of rotatable bonds is 6. The summed E-state index contributed by atoms with van der Waals surface area (Å²) in [5.74, 6) is -1.02. The standard InChI is InChI=1S/C22H32N2O8/c1-13(23-19(27)31-21(3,4)5)17(25)29-15-9-11-16(12-10-15)30-18(26)14(2)24-20(28)32-22(6,7)8/h9-14H,1-8H3,(H,23,27)(H,24,28)/t13-,14-/m0/s1. The Bertz CT molecular complexity index is 753. The zero-order chi connectivity index (χ0) is 24.7. The Morgan fingerprint density at radius 2 is 0.938 bits per heavy atom. The smallest absolute Gasteiger partial charge is 0.408 e. The Hall–Kier alpha value is -3.30. The van der Waals surface area contributed by atoms with Crippen molar-refractivity contribution in [2.75, 3.05) is 0 Å². The molecule has 2 amide bonds. The molecule has 178 valence electrons. The lowest BCUT2D eigenvalue weighted by molar-refractivity contribution is -0.137. The minimum Gasteiger partial charge on any atom is -0.444 e. The number of carbonyl (C=O) groups excluding carboxylic acids is 4. The molecule has 0 saturated carbocycles. The molecule has 0 aromatic heterocycles. The first kappa shape index (κ1) is 26.7. The second kappa shape index (κ2) is 10.8. The summed E-state index contributed by atoms with van der Waals surface area (Å²) in [5, 5.41) is 4.77. The van der Waals surface area contributed by atoms with Crippen LogP contribution in [-0.4, -0.2) is 47.4 Å². The van der Waals surface area contributed by atoms with Crippen molar-refractivity contribution in [1.29, 1.82) is 0 Å². The molecule has 0 aliphatic carbocycles. The fourth-order valence-electron chi connectivity index (χ4n) is 2.07. The molecule has 0 unspecified atom stereocenters. The van der Waals surface area contributed by atoms with Crippen molar-refractivity contribution in [3.8, 4) is 11.5 Å². The highest BCUT2D eigenvalue weighted by atomic mass is 16.6. The Kier molecular flexibility index (Phi) is 9.05. The van der Waals surface area contributed by atoms with Gasteiger partial charge in [0.05, 0.1) is 0 Å². The maximum absolute atomic E-state index is 12.1. The highest BCUT2D eigenvalue weighted by Crippen LogP contribution is 2.19. The maximum atomic E-state index is 12.1. The number of nitrogens with one attached hydrogen (secondary N) is 2. The van der Waals surface area contributed by atoms with Crippen LogP contribution in [0.2, 0.25) is 0 Å². The highest BCUT2D eigenvalue weighted by Gasteiger charge is 2.24. The van der Waals surface area contributed by atoms with Gasteiger partial charge in [-0.3, -0.25) is 0 Å². The second-order valence-corrected chi connectivity index (χ2v) is 9.05. The van der Waals surface area contributed by atoms with E-state index in [9.17, 15) is 19.2 Å². The fourth-order valence-corrected chi connectivity index (χ4v) is 2.07. The minimum atomic E-state index is -0.942. The summed E-state index contributed by atoms with van der Waals surface area (Å²) in [6, 6.07) is 3.81. The molecule has 1 aromatic carbocycles. The SMILES string of the molecule is C[C@H](NC(=O)OC(C)(C)C)C(=O)Oc1ccc(OC(=O)[C@H](C)NC(=O)OC(C)(C)C)cc1. The highest BCUT2D eigenvalue weighted by molar-refractivity contribution is 5.83. The molecule has 0 bridgehead atoms. The number of amides is 2. The van der Waals surface area contributed by atoms with Crippen LogP contribution in [0.1, 0.15) is 55.4 Å². The molecule has 1 rings (SSSR count). The van der Waals surface area contributed by atoms with E-state index in [-0.39, 0.29) is 11.5 Å². The van der Waals surface area contributed by atoms with Crippen molar-refractivity contribution in [2.45, 2.75) is 78.7 Å². The van der Waals surface area contributed by atoms with Crippen molar-refractivity contribution in [1.82, 2.24) is 10.6 Å². The van der Waals surface area contributed by atoms with Gasteiger partial charge in [0.25, 0.3) is 0 Å². The molecular formula is C22H32N2O8. The molecule has 0 spiro atoms. The van der Waals surface area contributed by atoms with Gasteiger partial charge in [-0.05, 0) is 79.7 Å². The molecule has 1 aromatic rings. The van der Waals surface area contributed by atoms with E-state index in [0.29, 0.717) is 0 Å². The Balaban J connectivity index is 2.56. The lowest BCUT2D eigenvalue weighted by Gasteiger charge is -2.21. The second-order valence-electron chi connectivity index (χ2n) is 9.05. The normalized spacial score (nSPS) is 13.2. The van der Waals surface area contributed by atoms with Gasteiger partial charge in [-0.15, -0.1) is 0 Å². The summed E-state index contributed by atoms with van der Waals surface area (Å²) in [5.41, 5.74) is -1.39. The fraction of sp³-hybridized carbons (Fsp3) is 0.545. The molecule has 0 aliphatic heterocycles. The molecule has 0 aliphatic rings. The third-order valence-corrected chi connectivity index (χ3v) is 3.43. The van der Waals surface area contributed by atoms with Gasteiger partial charge in [-0.1, -0.05) is 0 Å². The van der Waals surface area contributed by atoms with E-state index in [2.05, 4.69) is 10.6 Å². The van der Waals surface area contributed by atoms with Crippen LogP contribution in [0.4, 0.5) is 9.59 Å². The molecular weight excluding hydrogens is 420 g/mol. The lowest BCUT2D eigenvalue weighted by Crippen LogP contribution is -2.43. The molecule has 0 heterocycles. The largest absolute Gasteiger partial charge is 0.444 e. The number of benzene rings is 1. The third kappa shape index (κ3) is 10.6. The number of alkyl carbamates (subject to hydrolysis) is 2. The summed E-state index contributed by atoms with van der Waals surface area (Å²) in [4.78, 5) is 47.8. The molecule has 0 saturated heterocycles. The lowest BCUT2D eigenvalue weighted by atomic mass is 10.2. The minimum absolute atomic E-state index is 0.188. The number of esters is 2. The van der Waals surface area contributed by atoms with E-state index in [1.165, 1.54) is 38.1 Å². The first-order valence-corrected chi connectivity index (χ1v) is 10.1. The maximum Gasteiger partial charge on any atom is 0.408 e. The van der Waals surface area contributed by atoms with Crippen LogP contribution in [0.25, 0.3) is 0 Å². The van der Waals surface area contributed by atoms with Crippen LogP contribution < -0.4 is 20.1 Å². The van der Waals surface area contributed by atoms with Gasteiger partial charge in [0, 0.05) is 0 Å². The van der Waals surface area contributed by atoms with Crippen molar-refractivity contribution >= 4 is 24.1 Å². The molecule has 10 nitrogen and oxygen atoms in total. The molecule has 32 heavy (non-hydrogen) atoms. The first-order valence-electron chi connectivity index (χ1n) is 10.1. The van der Waals surface area contributed by atoms with Crippen LogP contribution in [0.3, 0.4) is 0 Å². The van der Waals surface area contributed by atoms with E-state index in [0.717, 1.165) is 0 Å². The predicted octanol–water partition coefficient (Wildman–Crippen LogP) is 3.32. The Morgan fingerprint density at radius 1 is 0.656 bits per heavy atom. The molecule has 0 fully saturated rings. The summed E-state index contributed by atoms with van der Waals surface area (Å²) in [6.45, 7) is 13.2. The summed E-state index contributed by atoms with van der Waals surface area (Å²) >= 11 is 0. The van der Waals surface area contributed by atoms with Crippen LogP contribution in [0.15, 0.2) is 24.3 Å². The van der Waals surface area contributed by atoms with Crippen LogP contribution >= 0.6 is 0 Å².